The standard InChI is InChI=1S/C18H25N3O3/c1-5-24-11-9-17(22)19-14-6-7-16-15(12-14)18(23)20(4)21(16)10-8-13(2)3/h6-8,12H,5,9-11H2,1-4H3,(H,19,22). The zero-order valence-corrected chi connectivity index (χ0v) is 14.8. The first kappa shape index (κ1) is 18.0. The maximum atomic E-state index is 12.4. The van der Waals surface area contributed by atoms with Gasteiger partial charge in [-0.3, -0.25) is 19.0 Å². The van der Waals surface area contributed by atoms with Crippen molar-refractivity contribution in [1.82, 2.24) is 9.36 Å². The molecule has 2 aromatic rings. The highest BCUT2D eigenvalue weighted by atomic mass is 16.5. The fraction of sp³-hybridized carbons (Fsp3) is 0.444. The van der Waals surface area contributed by atoms with Gasteiger partial charge in [0.05, 0.1) is 30.5 Å². The molecule has 6 heteroatoms. The van der Waals surface area contributed by atoms with Gasteiger partial charge < -0.3 is 10.1 Å². The molecule has 130 valence electrons. The van der Waals surface area contributed by atoms with Gasteiger partial charge in [-0.2, -0.15) is 0 Å². The molecule has 0 fully saturated rings. The van der Waals surface area contributed by atoms with Crippen LogP contribution in [0.4, 0.5) is 5.69 Å². The second kappa shape index (κ2) is 7.97. The number of fused-ring (bicyclic) bond motifs is 1. The molecule has 6 nitrogen and oxygen atoms in total. The Kier molecular flexibility index (Phi) is 5.98. The highest BCUT2D eigenvalue weighted by molar-refractivity contribution is 5.93. The zero-order valence-electron chi connectivity index (χ0n) is 14.8. The number of hydrogen-bond acceptors (Lipinski definition) is 3. The van der Waals surface area contributed by atoms with E-state index in [1.54, 1.807) is 17.8 Å². The number of hydrogen-bond donors (Lipinski definition) is 1. The number of aromatic nitrogens is 2. The average molecular weight is 331 g/mol. The lowest BCUT2D eigenvalue weighted by molar-refractivity contribution is -0.117. The smallest absolute Gasteiger partial charge is 0.274 e. The van der Waals surface area contributed by atoms with Crippen molar-refractivity contribution < 1.29 is 9.53 Å². The van der Waals surface area contributed by atoms with E-state index in [9.17, 15) is 9.59 Å². The van der Waals surface area contributed by atoms with Crippen molar-refractivity contribution in [2.75, 3.05) is 18.5 Å². The summed E-state index contributed by atoms with van der Waals surface area (Å²) in [5.41, 5.74) is 2.61. The van der Waals surface area contributed by atoms with Gasteiger partial charge in [0.25, 0.3) is 5.56 Å². The van der Waals surface area contributed by atoms with Crippen LogP contribution in [0, 0.1) is 0 Å². The van der Waals surface area contributed by atoms with Crippen LogP contribution < -0.4 is 10.9 Å². The van der Waals surface area contributed by atoms with E-state index in [1.807, 2.05) is 37.6 Å². The number of carbonyl (C=O) groups excluding carboxylic acids is 1. The third-order valence-electron chi connectivity index (χ3n) is 3.79. The van der Waals surface area contributed by atoms with E-state index in [0.717, 1.165) is 5.52 Å². The second-order valence-electron chi connectivity index (χ2n) is 5.92. The molecule has 1 aromatic heterocycles. The summed E-state index contributed by atoms with van der Waals surface area (Å²) in [5.74, 6) is -0.122. The fourth-order valence-electron chi connectivity index (χ4n) is 2.48. The largest absolute Gasteiger partial charge is 0.381 e. The predicted octanol–water partition coefficient (Wildman–Crippen LogP) is 2.67. The Morgan fingerprint density at radius 1 is 1.33 bits per heavy atom. The van der Waals surface area contributed by atoms with Crippen LogP contribution in [0.3, 0.4) is 0 Å². The molecule has 0 radical (unpaired) electrons. The Morgan fingerprint density at radius 2 is 2.08 bits per heavy atom. The van der Waals surface area contributed by atoms with Gasteiger partial charge in [-0.1, -0.05) is 11.6 Å². The third-order valence-corrected chi connectivity index (χ3v) is 3.79. The summed E-state index contributed by atoms with van der Waals surface area (Å²) in [6.45, 7) is 7.57. The molecule has 0 aliphatic heterocycles. The van der Waals surface area contributed by atoms with Crippen LogP contribution in [0.2, 0.25) is 0 Å². The third kappa shape index (κ3) is 4.14. The molecule has 0 bridgehead atoms. The van der Waals surface area contributed by atoms with Gasteiger partial charge in [-0.25, -0.2) is 0 Å². The second-order valence-corrected chi connectivity index (χ2v) is 5.92. The molecule has 1 aromatic carbocycles. The molecule has 2 rings (SSSR count). The number of benzene rings is 1. The van der Waals surface area contributed by atoms with Crippen molar-refractivity contribution in [3.8, 4) is 0 Å². The van der Waals surface area contributed by atoms with Crippen molar-refractivity contribution in [3.63, 3.8) is 0 Å². The quantitative estimate of drug-likeness (QED) is 0.626. The van der Waals surface area contributed by atoms with Crippen molar-refractivity contribution in [2.45, 2.75) is 33.7 Å². The minimum Gasteiger partial charge on any atom is -0.381 e. The van der Waals surface area contributed by atoms with Gasteiger partial charge in [0.2, 0.25) is 5.91 Å². The lowest BCUT2D eigenvalue weighted by Crippen LogP contribution is -2.18. The minimum atomic E-state index is -0.122. The highest BCUT2D eigenvalue weighted by Gasteiger charge is 2.11. The molecule has 0 aliphatic carbocycles. The summed E-state index contributed by atoms with van der Waals surface area (Å²) in [7, 11) is 1.75. The van der Waals surface area contributed by atoms with Gasteiger partial charge in [0.1, 0.15) is 0 Å². The Balaban J connectivity index is 2.25. The lowest BCUT2D eigenvalue weighted by Gasteiger charge is -2.08. The Labute approximate surface area is 141 Å². The van der Waals surface area contributed by atoms with Gasteiger partial charge in [0.15, 0.2) is 0 Å². The number of amides is 1. The fourth-order valence-corrected chi connectivity index (χ4v) is 2.48. The maximum absolute atomic E-state index is 12.4. The SMILES string of the molecule is CCOCCC(=O)Nc1ccc2c(c1)c(=O)n(C)n2CC=C(C)C. The zero-order chi connectivity index (χ0) is 17.7. The van der Waals surface area contributed by atoms with E-state index in [0.29, 0.717) is 37.3 Å². The van der Waals surface area contributed by atoms with E-state index < -0.39 is 0 Å². The number of anilines is 1. The number of allylic oxidation sites excluding steroid dienone is 2. The molecule has 0 saturated heterocycles. The van der Waals surface area contributed by atoms with Crippen molar-refractivity contribution in [3.05, 3.63) is 40.2 Å². The van der Waals surface area contributed by atoms with E-state index in [1.165, 1.54) is 5.57 Å². The first-order valence-electron chi connectivity index (χ1n) is 8.14. The molecule has 24 heavy (non-hydrogen) atoms. The topological polar surface area (TPSA) is 65.3 Å². The molecule has 0 unspecified atom stereocenters. The minimum absolute atomic E-state index is 0.0717. The van der Waals surface area contributed by atoms with Crippen LogP contribution in [0.15, 0.2) is 34.6 Å². The first-order chi connectivity index (χ1) is 11.4. The summed E-state index contributed by atoms with van der Waals surface area (Å²) in [6.07, 6.45) is 2.37. The Morgan fingerprint density at radius 3 is 2.75 bits per heavy atom. The van der Waals surface area contributed by atoms with Crippen molar-refractivity contribution >= 4 is 22.5 Å². The highest BCUT2D eigenvalue weighted by Crippen LogP contribution is 2.17. The number of nitrogens with one attached hydrogen (secondary N) is 1. The normalized spacial score (nSPS) is 10.8. The molecule has 1 heterocycles. The van der Waals surface area contributed by atoms with Gasteiger partial charge in [-0.05, 0) is 39.0 Å². The van der Waals surface area contributed by atoms with Crippen molar-refractivity contribution in [1.29, 1.82) is 0 Å². The molecule has 1 N–H and O–H groups in total. The summed E-state index contributed by atoms with van der Waals surface area (Å²) in [6, 6.07) is 5.42. The molecule has 0 saturated carbocycles. The van der Waals surface area contributed by atoms with Gasteiger partial charge in [-0.15, -0.1) is 0 Å². The van der Waals surface area contributed by atoms with Gasteiger partial charge in [0, 0.05) is 19.3 Å². The van der Waals surface area contributed by atoms with E-state index in [4.69, 9.17) is 4.74 Å². The number of carbonyl (C=O) groups is 1. The van der Waals surface area contributed by atoms with Crippen LogP contribution in [0.1, 0.15) is 27.2 Å². The summed E-state index contributed by atoms with van der Waals surface area (Å²) in [4.78, 5) is 24.3. The molecule has 0 aliphatic rings. The van der Waals surface area contributed by atoms with Gasteiger partial charge >= 0.3 is 0 Å². The van der Waals surface area contributed by atoms with Crippen LogP contribution in [0.5, 0.6) is 0 Å². The molecular formula is C18H25N3O3. The van der Waals surface area contributed by atoms with E-state index in [-0.39, 0.29) is 11.5 Å². The first-order valence-corrected chi connectivity index (χ1v) is 8.14. The molecule has 1 amide bonds. The average Bonchev–Trinajstić information content (AvgIpc) is 2.77. The Hall–Kier alpha value is -2.34. The lowest BCUT2D eigenvalue weighted by atomic mass is 10.2. The van der Waals surface area contributed by atoms with E-state index >= 15 is 0 Å². The summed E-state index contributed by atoms with van der Waals surface area (Å²) >= 11 is 0. The predicted molar refractivity (Wildman–Crippen MR) is 96.3 cm³/mol. The maximum Gasteiger partial charge on any atom is 0.274 e. The Bertz CT molecular complexity index is 811. The number of ether oxygens (including phenoxy) is 1. The summed E-state index contributed by atoms with van der Waals surface area (Å²) in [5, 5.41) is 3.41. The van der Waals surface area contributed by atoms with Crippen molar-refractivity contribution in [2.24, 2.45) is 7.05 Å². The summed E-state index contributed by atoms with van der Waals surface area (Å²) < 4.78 is 8.70. The number of nitrogens with zero attached hydrogens (tertiary/aromatic N) is 2. The van der Waals surface area contributed by atoms with Crippen LogP contribution in [0.25, 0.3) is 10.9 Å². The monoisotopic (exact) mass is 331 g/mol. The number of rotatable bonds is 7. The molecular weight excluding hydrogens is 306 g/mol. The van der Waals surface area contributed by atoms with E-state index in [2.05, 4.69) is 11.4 Å². The van der Waals surface area contributed by atoms with Crippen LogP contribution >= 0.6 is 0 Å². The molecule has 0 atom stereocenters. The van der Waals surface area contributed by atoms with Crippen LogP contribution in [-0.4, -0.2) is 28.5 Å². The van der Waals surface area contributed by atoms with Crippen LogP contribution in [-0.2, 0) is 23.1 Å². The molecule has 0 spiro atoms.